The number of rotatable bonds is 11. The van der Waals surface area contributed by atoms with E-state index in [4.69, 9.17) is 19.5 Å². The molecule has 3 rings (SSSR count). The second kappa shape index (κ2) is 29.7. The van der Waals surface area contributed by atoms with E-state index in [0.29, 0.717) is 22.9 Å². The zero-order valence-electron chi connectivity index (χ0n) is 28.9. The maximum atomic E-state index is 12.9. The quantitative estimate of drug-likeness (QED) is 0.0427. The first-order chi connectivity index (χ1) is 26.4. The van der Waals surface area contributed by atoms with Crippen LogP contribution in [0.3, 0.4) is 0 Å². The summed E-state index contributed by atoms with van der Waals surface area (Å²) in [5, 5.41) is 10.3. The van der Waals surface area contributed by atoms with E-state index in [1.807, 2.05) is 18.2 Å². The van der Waals surface area contributed by atoms with Crippen molar-refractivity contribution >= 4 is 28.6 Å². The molecule has 54 heavy (non-hydrogen) atoms. The summed E-state index contributed by atoms with van der Waals surface area (Å²) in [5.41, 5.74) is 1.83. The molecule has 0 heterocycles. The third kappa shape index (κ3) is 20.6. The van der Waals surface area contributed by atoms with E-state index in [1.165, 1.54) is 32.0 Å². The Morgan fingerprint density at radius 1 is 0.611 bits per heavy atom. The van der Waals surface area contributed by atoms with Crippen molar-refractivity contribution in [2.45, 2.75) is 18.7 Å². The van der Waals surface area contributed by atoms with E-state index in [0.717, 1.165) is 0 Å². The molecule has 0 saturated heterocycles. The molecule has 0 fully saturated rings. The fraction of sp³-hybridized carbons (Fsp3) is 0.100. The zero-order chi connectivity index (χ0) is 39.5. The first-order valence-corrected chi connectivity index (χ1v) is 16.3. The van der Waals surface area contributed by atoms with Crippen molar-refractivity contribution in [1.29, 1.82) is 0 Å². The summed E-state index contributed by atoms with van der Waals surface area (Å²) >= 11 is 3.09. The van der Waals surface area contributed by atoms with Gasteiger partial charge in [0, 0.05) is 27.5 Å². The minimum Gasteiger partial charge on any atom is -0.497 e. The number of nitrogens with one attached hydrogen (secondary N) is 2. The maximum absolute atomic E-state index is 12.9. The monoisotopic (exact) mass is 772 g/mol. The lowest BCUT2D eigenvalue weighted by Crippen LogP contribution is -2.14. The molecule has 0 aromatic heterocycles. The van der Waals surface area contributed by atoms with Crippen LogP contribution >= 0.6 is 12.9 Å². The van der Waals surface area contributed by atoms with Crippen LogP contribution in [0, 0.1) is 107 Å². The normalized spacial score (nSPS) is 8.11. The van der Waals surface area contributed by atoms with Gasteiger partial charge in [0.1, 0.15) is 22.1 Å². The fourth-order valence-corrected chi connectivity index (χ4v) is 4.31. The largest absolute Gasteiger partial charge is 0.497 e. The molecule has 0 radical (unpaired) electrons. The molecule has 0 aliphatic carbocycles. The summed E-state index contributed by atoms with van der Waals surface area (Å²) < 4.78 is 48.1. The Morgan fingerprint density at radius 2 is 1.11 bits per heavy atom. The Kier molecular flexibility index (Phi) is 24.7. The fourth-order valence-electron chi connectivity index (χ4n) is 3.06. The van der Waals surface area contributed by atoms with Gasteiger partial charge in [-0.2, -0.15) is 0 Å². The Hall–Kier alpha value is -7.04. The summed E-state index contributed by atoms with van der Waals surface area (Å²) in [4.78, 5) is 7.16. The molecule has 12 nitrogen and oxygen atoms in total. The van der Waals surface area contributed by atoms with Gasteiger partial charge in [0.2, 0.25) is 0 Å². The summed E-state index contributed by atoms with van der Waals surface area (Å²) in [6.07, 6.45) is 0. The number of thiol groups is 1. The average molecular weight is 773 g/mol. The van der Waals surface area contributed by atoms with Gasteiger partial charge in [-0.3, -0.25) is 4.72 Å². The van der Waals surface area contributed by atoms with Crippen molar-refractivity contribution in [3.05, 3.63) is 72.8 Å². The minimum absolute atomic E-state index is 0. The predicted molar refractivity (Wildman–Crippen MR) is 216 cm³/mol. The molecule has 282 valence electrons. The van der Waals surface area contributed by atoms with Crippen LogP contribution in [0.5, 0.6) is 23.0 Å². The predicted octanol–water partition coefficient (Wildman–Crippen LogP) is 6.45. The third-order valence-electron chi connectivity index (χ3n) is 5.09. The number of benzene rings is 3. The van der Waals surface area contributed by atoms with Gasteiger partial charge >= 0.3 is 0 Å². The SMILES string of the molecule is CC#CC#CC#CC#CC#CC#CC#CC#CC#CC.COc1ccc(S(=O)(=O)Nc2ccccc2Oc2ccccc2)c(OC)c1.OOONOOS.[HH].[HH].[HH].[HH].[HH].[HH]. The first-order valence-electron chi connectivity index (χ1n) is 14.5. The van der Waals surface area contributed by atoms with Gasteiger partial charge in [-0.15, -0.1) is 9.32 Å². The smallest absolute Gasteiger partial charge is 0.265 e. The van der Waals surface area contributed by atoms with Crippen LogP contribution in [0.25, 0.3) is 0 Å². The number of methoxy groups -OCH3 is 2. The first kappa shape index (κ1) is 45.0. The number of ether oxygens (including phenoxy) is 3. The van der Waals surface area contributed by atoms with Gasteiger partial charge in [-0.25, -0.2) is 13.7 Å². The summed E-state index contributed by atoms with van der Waals surface area (Å²) in [5.74, 6) is 47.3. The lowest BCUT2D eigenvalue weighted by Gasteiger charge is -2.15. The summed E-state index contributed by atoms with van der Waals surface area (Å²) in [6, 6.07) is 20.4. The number of hydrogen-bond donors (Lipinski definition) is 4. The Balaban J connectivity index is -0.000000198. The molecular weight excluding hydrogens is 733 g/mol. The van der Waals surface area contributed by atoms with Crippen LogP contribution in [0.15, 0.2) is 77.7 Å². The van der Waals surface area contributed by atoms with Crippen molar-refractivity contribution in [1.82, 2.24) is 5.64 Å². The van der Waals surface area contributed by atoms with Gasteiger partial charge in [0.05, 0.1) is 19.9 Å². The number of anilines is 1. The highest BCUT2D eigenvalue weighted by Gasteiger charge is 2.22. The molecule has 0 spiro atoms. The average Bonchev–Trinajstić information content (AvgIpc) is 3.19. The van der Waals surface area contributed by atoms with Crippen LogP contribution in [-0.4, -0.2) is 27.9 Å². The van der Waals surface area contributed by atoms with E-state index in [9.17, 15) is 8.42 Å². The van der Waals surface area contributed by atoms with Crippen molar-refractivity contribution in [2.24, 2.45) is 0 Å². The lowest BCUT2D eigenvalue weighted by molar-refractivity contribution is -0.565. The van der Waals surface area contributed by atoms with E-state index >= 15 is 0 Å². The van der Waals surface area contributed by atoms with Crippen LogP contribution < -0.4 is 24.6 Å². The lowest BCUT2D eigenvalue weighted by atomic mass is 10.3. The summed E-state index contributed by atoms with van der Waals surface area (Å²) in [6.45, 7) is 3.41. The number of para-hydroxylation sites is 3. The molecule has 0 atom stereocenters. The molecule has 0 aliphatic heterocycles. The molecule has 3 N–H and O–H groups in total. The van der Waals surface area contributed by atoms with E-state index in [-0.39, 0.29) is 19.2 Å². The van der Waals surface area contributed by atoms with Crippen LogP contribution in [-0.2, 0) is 29.4 Å². The molecular formula is C40H40N2O10S2. The Bertz CT molecular complexity index is 2310. The summed E-state index contributed by atoms with van der Waals surface area (Å²) in [7, 11) is -1.00. The van der Waals surface area contributed by atoms with Crippen molar-refractivity contribution in [3.8, 4) is 130 Å². The van der Waals surface area contributed by atoms with E-state index in [2.05, 4.69) is 144 Å². The number of sulfonamides is 1. The minimum atomic E-state index is -3.91. The highest BCUT2D eigenvalue weighted by molar-refractivity contribution is 7.92. The van der Waals surface area contributed by atoms with Gasteiger partial charge in [0.15, 0.2) is 5.75 Å². The van der Waals surface area contributed by atoms with Gasteiger partial charge in [-0.05, 0) is 156 Å². The highest BCUT2D eigenvalue weighted by Crippen LogP contribution is 2.34. The highest BCUT2D eigenvalue weighted by atomic mass is 32.2. The van der Waals surface area contributed by atoms with E-state index in [1.54, 1.807) is 56.3 Å². The van der Waals surface area contributed by atoms with Gasteiger partial charge in [-0.1, -0.05) is 47.2 Å². The molecule has 0 bridgehead atoms. The second-order valence-corrected chi connectivity index (χ2v) is 10.2. The van der Waals surface area contributed by atoms with Crippen molar-refractivity contribution < 1.29 is 55.8 Å². The zero-order valence-corrected chi connectivity index (χ0v) is 30.6. The topological polar surface area (TPSA) is 143 Å². The molecule has 3 aromatic rings. The van der Waals surface area contributed by atoms with Crippen LogP contribution in [0.4, 0.5) is 5.69 Å². The molecule has 0 aliphatic rings. The van der Waals surface area contributed by atoms with Crippen LogP contribution in [0.1, 0.15) is 22.4 Å². The van der Waals surface area contributed by atoms with Gasteiger partial charge < -0.3 is 14.2 Å². The van der Waals surface area contributed by atoms with Crippen molar-refractivity contribution in [3.63, 3.8) is 0 Å². The molecule has 0 unspecified atom stereocenters. The molecule has 3 aromatic carbocycles. The molecule has 0 amide bonds. The second-order valence-electron chi connectivity index (χ2n) is 8.43. The third-order valence-corrected chi connectivity index (χ3v) is 6.57. The molecule has 14 heteroatoms. The Morgan fingerprint density at radius 3 is 1.57 bits per heavy atom. The maximum Gasteiger partial charge on any atom is 0.265 e. The molecule has 0 saturated carbocycles. The standard InChI is InChI=1S/C20H19NO5S.C20H6.H3NO5S.6H2/c1-24-16-12-13-20(19(14-16)25-2)27(22,23)21-17-10-6-7-11-18(17)26-15-8-4-3-5-9-15;1-3-5-7-9-11-13-15-17-19-20-18-16-14-12-10-8-6-4-2;2-5-3-1-4-6-7;;;;;;/h3-14,21H,1-2H3;1-2H3;1-2,7H;6*1H. The number of hydrogen-bond acceptors (Lipinski definition) is 12. The van der Waals surface area contributed by atoms with Gasteiger partial charge in [0.25, 0.3) is 10.0 Å². The Labute approximate surface area is 329 Å². The van der Waals surface area contributed by atoms with E-state index < -0.39 is 10.0 Å². The van der Waals surface area contributed by atoms with Crippen molar-refractivity contribution in [2.75, 3.05) is 18.9 Å². The van der Waals surface area contributed by atoms with Crippen LogP contribution in [0.2, 0.25) is 0 Å².